The number of carbonyl (C=O) groups excluding carboxylic acids is 6. The predicted molar refractivity (Wildman–Crippen MR) is 459 cm³/mol. The zero-order valence-corrected chi connectivity index (χ0v) is 71.0. The van der Waals surface area contributed by atoms with Crippen molar-refractivity contribution in [1.29, 1.82) is 0 Å². The van der Waals surface area contributed by atoms with E-state index in [1.54, 1.807) is 23.0 Å². The van der Waals surface area contributed by atoms with Gasteiger partial charge in [0.05, 0.1) is 52.4 Å². The summed E-state index contributed by atoms with van der Waals surface area (Å²) < 4.78 is 31.4. The Hall–Kier alpha value is -8.26. The third-order valence-electron chi connectivity index (χ3n) is 22.8. The first-order valence-electron chi connectivity index (χ1n) is 41.2. The lowest BCUT2D eigenvalue weighted by atomic mass is 9.89. The summed E-state index contributed by atoms with van der Waals surface area (Å²) in [4.78, 5) is 76.2. The number of allylic oxidation sites excluding steroid dienone is 2. The molecule has 117 heavy (non-hydrogen) atoms. The van der Waals surface area contributed by atoms with Gasteiger partial charge < -0.3 is 58.9 Å². The Morgan fingerprint density at radius 3 is 1.39 bits per heavy atom. The minimum Gasteiger partial charge on any atom is -0.449 e. The van der Waals surface area contributed by atoms with Crippen LogP contribution in [0.5, 0.6) is 0 Å². The first-order valence-corrected chi connectivity index (χ1v) is 45.8. The Morgan fingerprint density at radius 1 is 0.504 bits per heavy atom. The van der Waals surface area contributed by atoms with Crippen LogP contribution in [0, 0.1) is 47.3 Å². The van der Waals surface area contributed by atoms with Gasteiger partial charge in [-0.25, -0.2) is 14.4 Å². The molecule has 0 spiro atoms. The van der Waals surface area contributed by atoms with Gasteiger partial charge in [-0.1, -0.05) is 250 Å². The van der Waals surface area contributed by atoms with Crippen LogP contribution in [-0.2, 0) is 88.9 Å². The highest BCUT2D eigenvalue weighted by Crippen LogP contribution is 2.46. The maximum Gasteiger partial charge on any atom is 0.410 e. The number of aliphatic hydroxyl groups excluding tert-OH is 1. The van der Waals surface area contributed by atoms with Crippen LogP contribution in [0.3, 0.4) is 0 Å². The van der Waals surface area contributed by atoms with Crippen LogP contribution in [0.25, 0.3) is 0 Å². The molecule has 4 saturated carbocycles. The SMILES string of the molecule is COCN(Cc1ccccc1)C[Si](C)(C)C.ClCOCc1ccccc1.O=C(Cl)OCc1ccccc1.O=C(OCc1ccccc1)N1C[C@@H]2CC[C@@](O)(COCc3ccccc3)[C@@H]2C1.O=C1C=CCC1.O=C1CC[C@H]2CN(C(=O)OCc3ccccc3)C[C@@H]12.O=C1CC[C@H]2CN(Cc3ccccc3)C[C@@H]12.OC[C@]1(O)CC[C@H]2CNC[C@H]21. The van der Waals surface area contributed by atoms with Crippen molar-refractivity contribution in [2.75, 3.05) is 91.6 Å². The van der Waals surface area contributed by atoms with E-state index in [1.165, 1.54) is 17.3 Å². The van der Waals surface area contributed by atoms with Gasteiger partial charge in [0.15, 0.2) is 5.78 Å². The predicted octanol–water partition coefficient (Wildman–Crippen LogP) is 16.1. The first-order chi connectivity index (χ1) is 56.6. The number of nitrogens with zero attached hydrogens (tertiary/aromatic N) is 4. The van der Waals surface area contributed by atoms with Crippen molar-refractivity contribution >= 4 is 66.2 Å². The number of aliphatic hydroxyl groups is 3. The number of fused-ring (bicyclic) bond motifs is 4. The molecule has 0 aromatic heterocycles. The van der Waals surface area contributed by atoms with Crippen molar-refractivity contribution < 1.29 is 72.5 Å². The van der Waals surface area contributed by atoms with Crippen molar-refractivity contribution in [1.82, 2.24) is 24.9 Å². The summed E-state index contributed by atoms with van der Waals surface area (Å²) in [5.41, 5.74) is 5.44. The van der Waals surface area contributed by atoms with Gasteiger partial charge in [0.2, 0.25) is 0 Å². The number of halogens is 2. The van der Waals surface area contributed by atoms with E-state index < -0.39 is 24.7 Å². The standard InChI is InChI=1S/C23H27NO4.C15H17NO3.C14H17NO.C13H23NOSi.C8H7ClO2.C8H9ClO.C8H15NO2.C5H6O/c25-22(28-16-19-9-5-2-6-10-19)24-13-20-11-12-23(26,21(20)14-24)17-27-15-18-7-3-1-4-8-18;17-14-7-6-12-8-16(9-13(12)14)15(18)19-10-11-4-2-1-3-5-11;16-14-7-6-12-9-15(10-13(12)14)8-11-4-2-1-3-5-11;1-15-11-14(12-16(2,3)4)10-13-8-6-5-7-9-13;9-8(10)11-6-7-4-2-1-3-5-7;9-7-10-6-8-4-2-1-3-5-8;10-5-8(11)2-1-6-3-9-4-7(6)8;6-5-3-1-2-4-5/h1-10,20-21,26H,11-17H2;1-5,12-13H,6-10H2;1-5,12-13H,6-10H2;5-9H,10-12H2,1-4H3;1-5H,6H2;1-5H,6-7H2;6-7,9-11H,1-5H2;1,3H,2,4H2/t20-,21+,23+;2*12-,13+;;;;6-,7+,8+;/m000...0./s1. The number of ketones is 3. The Balaban J connectivity index is 0.000000158. The number of hydrogen-bond acceptors (Lipinski definition) is 18. The maximum absolute atomic E-state index is 12.5. The van der Waals surface area contributed by atoms with Gasteiger partial charge in [0.1, 0.15) is 37.5 Å². The summed E-state index contributed by atoms with van der Waals surface area (Å²) in [7, 11) is 0.701. The van der Waals surface area contributed by atoms with Gasteiger partial charge in [0.25, 0.3) is 0 Å². The summed E-state index contributed by atoms with van der Waals surface area (Å²) >= 11 is 10.3. The summed E-state index contributed by atoms with van der Waals surface area (Å²) in [5, 5.41) is 33.3. The molecule has 4 heterocycles. The smallest absolute Gasteiger partial charge is 0.410 e. The highest BCUT2D eigenvalue weighted by molar-refractivity contribution is 6.76. The van der Waals surface area contributed by atoms with Crippen LogP contribution in [0.15, 0.2) is 224 Å². The highest BCUT2D eigenvalue weighted by atomic mass is 35.5. The van der Waals surface area contributed by atoms with E-state index in [1.807, 2.05) is 164 Å². The Morgan fingerprint density at radius 2 is 0.949 bits per heavy atom. The molecule has 0 unspecified atom stereocenters. The topological polar surface area (TPSA) is 243 Å². The minimum absolute atomic E-state index is 0.0487. The van der Waals surface area contributed by atoms with Crippen LogP contribution in [0.2, 0.25) is 19.6 Å². The van der Waals surface area contributed by atoms with Gasteiger partial charge in [-0.15, -0.1) is 0 Å². The lowest BCUT2D eigenvalue weighted by molar-refractivity contribution is -0.121. The molecular formula is C94H121Cl2N5O15Si. The largest absolute Gasteiger partial charge is 0.449 e. The Kier molecular flexibility index (Phi) is 38.6. The van der Waals surface area contributed by atoms with Crippen LogP contribution in [0.1, 0.15) is 103 Å². The number of nitrogens with one attached hydrogen (secondary N) is 1. The van der Waals surface area contributed by atoms with Crippen molar-refractivity contribution in [2.45, 2.75) is 141 Å². The van der Waals surface area contributed by atoms with Crippen molar-refractivity contribution in [3.05, 3.63) is 263 Å². The van der Waals surface area contributed by atoms with Gasteiger partial charge in [-0.3, -0.25) is 24.2 Å². The molecule has 23 heteroatoms. The van der Waals surface area contributed by atoms with Gasteiger partial charge in [-0.2, -0.15) is 0 Å². The second kappa shape index (κ2) is 48.7. The number of methoxy groups -OCH3 is 1. The van der Waals surface area contributed by atoms with E-state index in [0.717, 1.165) is 132 Å². The summed E-state index contributed by atoms with van der Waals surface area (Å²) in [6.45, 7) is 18.4. The third-order valence-corrected chi connectivity index (χ3v) is 24.4. The number of alkyl halides is 1. The molecule has 9 aliphatic rings. The fourth-order valence-electron chi connectivity index (χ4n) is 16.8. The number of amides is 2. The average Bonchev–Trinajstić information content (AvgIpc) is 1.62. The number of rotatable bonds is 22. The molecule has 7 aromatic rings. The summed E-state index contributed by atoms with van der Waals surface area (Å²) in [6.07, 6.45) is 12.9. The van der Waals surface area contributed by atoms with Crippen molar-refractivity contribution in [2.24, 2.45) is 47.3 Å². The van der Waals surface area contributed by atoms with Gasteiger partial charge in [-0.05, 0) is 126 Å². The lowest BCUT2D eigenvalue weighted by Gasteiger charge is -2.29. The fraction of sp³-hybridized carbons (Fsp3) is 0.468. The molecule has 4 aliphatic heterocycles. The van der Waals surface area contributed by atoms with E-state index >= 15 is 0 Å². The molecule has 10 atom stereocenters. The molecule has 20 nitrogen and oxygen atoms in total. The second-order valence-corrected chi connectivity index (χ2v) is 38.9. The number of ether oxygens (including phenoxy) is 6. The zero-order chi connectivity index (χ0) is 83.3. The van der Waals surface area contributed by atoms with Gasteiger partial charge >= 0.3 is 17.6 Å². The monoisotopic (exact) mass is 1660 g/mol. The summed E-state index contributed by atoms with van der Waals surface area (Å²) in [5.74, 6) is 3.77. The molecule has 8 fully saturated rings. The number of Topliss-reactive ketones (excluding diaryl/α,β-unsaturated/α-hetero) is 2. The van der Waals surface area contributed by atoms with Gasteiger partial charge in [0, 0.05) is 121 Å². The van der Waals surface area contributed by atoms with Crippen LogP contribution in [-0.4, -0.2) is 181 Å². The van der Waals surface area contributed by atoms with Crippen molar-refractivity contribution in [3.8, 4) is 0 Å². The molecule has 4 N–H and O–H groups in total. The quantitative estimate of drug-likeness (QED) is 0.0162. The molecule has 7 aromatic carbocycles. The van der Waals surface area contributed by atoms with Crippen LogP contribution < -0.4 is 5.32 Å². The number of carbonyl (C=O) groups is 6. The molecule has 16 rings (SSSR count). The molecule has 630 valence electrons. The second-order valence-electron chi connectivity index (χ2n) is 32.9. The zero-order valence-electron chi connectivity index (χ0n) is 68.5. The van der Waals surface area contributed by atoms with E-state index in [0.29, 0.717) is 106 Å². The molecule has 0 bridgehead atoms. The number of likely N-dealkylation sites (tertiary alicyclic amines) is 3. The van der Waals surface area contributed by atoms with E-state index in [4.69, 9.17) is 52.0 Å². The van der Waals surface area contributed by atoms with E-state index in [9.17, 15) is 39.0 Å². The van der Waals surface area contributed by atoms with Crippen LogP contribution >= 0.6 is 23.2 Å². The van der Waals surface area contributed by atoms with Crippen LogP contribution in [0.4, 0.5) is 14.4 Å². The first kappa shape index (κ1) is 92.6. The third kappa shape index (κ3) is 31.4. The van der Waals surface area contributed by atoms with E-state index in [-0.39, 0.29) is 55.7 Å². The molecule has 2 amide bonds. The number of hydrogen-bond donors (Lipinski definition) is 4. The maximum atomic E-state index is 12.5. The molecule has 4 saturated heterocycles. The van der Waals surface area contributed by atoms with E-state index in [2.05, 4.69) is 94.1 Å². The highest BCUT2D eigenvalue weighted by Gasteiger charge is 2.53. The summed E-state index contributed by atoms with van der Waals surface area (Å²) in [6, 6.07) is 70.0. The molecular weight excluding hydrogens is 1540 g/mol. The Bertz CT molecular complexity index is 4110. The minimum atomic E-state index is -1.07. The molecule has 0 radical (unpaired) electrons. The lowest BCUT2D eigenvalue weighted by Crippen LogP contribution is -2.42. The molecule has 5 aliphatic carbocycles. The Labute approximate surface area is 703 Å². The van der Waals surface area contributed by atoms with Crippen molar-refractivity contribution in [3.63, 3.8) is 0 Å². The normalized spacial score (nSPS) is 23.5. The average molecular weight is 1660 g/mol. The fourth-order valence-corrected chi connectivity index (χ4v) is 18.5. The number of benzene rings is 7.